The monoisotopic (exact) mass is 1080 g/mol. The van der Waals surface area contributed by atoms with E-state index >= 15 is 0 Å². The van der Waals surface area contributed by atoms with E-state index in [2.05, 4.69) is 15.0 Å². The molecule has 5 aromatic rings. The molecule has 1 aliphatic heterocycles. The van der Waals surface area contributed by atoms with Gasteiger partial charge in [-0.25, -0.2) is 28.0 Å². The number of carboxylic acid groups (broad SMARTS) is 4. The van der Waals surface area contributed by atoms with Crippen LogP contribution in [0.5, 0.6) is 0 Å². The maximum atomic E-state index is 14.6. The molecule has 1 aliphatic rings. The van der Waals surface area contributed by atoms with Crippen LogP contribution in [0.4, 0.5) is 22.0 Å². The van der Waals surface area contributed by atoms with Crippen LogP contribution in [0.3, 0.4) is 0 Å². The highest BCUT2D eigenvalue weighted by atomic mass is 32.2. The second-order valence-electron chi connectivity index (χ2n) is 16.7. The quantitative estimate of drug-likeness (QED) is 0.0316. The number of ether oxygens (including phenoxy) is 1. The summed E-state index contributed by atoms with van der Waals surface area (Å²) in [5.74, 6) is -9.29. The van der Waals surface area contributed by atoms with Crippen LogP contribution in [0.2, 0.25) is 0 Å². The first-order valence-corrected chi connectivity index (χ1v) is 23.3. The van der Waals surface area contributed by atoms with Crippen molar-refractivity contribution in [3.8, 4) is 11.1 Å². The fraction of sp³-hybridized carbons (Fsp3) is 0.375. The standard InChI is InChI=1S/C40H41F5N6O3S.2C4H6O6/c1-48-22-28(21-46-48)20-32-24-50(39(47-38(32)53)55-26-31-4-3-5-35(41)37(31)42)25-36(52)51(34-14-16-49(17-15-34)18-19-54-2)23-27-6-8-29(9-7-27)30-10-12-33(13-11-30)40(43,44)45;2*5-1(3(7)8)2(6)4(9)10/h3-13,21-22,24,34H,14-20,23,25-26H2,1-2H3;2*1-2,5-6H,(H,7,8)(H,9,10). The minimum atomic E-state index is -4.43. The lowest BCUT2D eigenvalue weighted by molar-refractivity contribution is -0.165. The molecule has 4 unspecified atom stereocenters. The number of thioether (sulfide) groups is 1. The zero-order valence-electron chi connectivity index (χ0n) is 40.0. The molecule has 75 heavy (non-hydrogen) atoms. The van der Waals surface area contributed by atoms with Gasteiger partial charge in [-0.1, -0.05) is 60.3 Å². The average molecular weight is 1080 g/mol. The Hall–Kier alpha value is -7.14. The number of alkyl halides is 3. The number of aromatic nitrogens is 4. The number of rotatable bonds is 20. The van der Waals surface area contributed by atoms with Crippen molar-refractivity contribution in [2.24, 2.45) is 7.05 Å². The molecule has 27 heteroatoms. The van der Waals surface area contributed by atoms with E-state index in [0.29, 0.717) is 30.6 Å². The number of carbonyl (C=O) groups is 5. The molecule has 406 valence electrons. The molecule has 3 aromatic carbocycles. The van der Waals surface area contributed by atoms with Gasteiger partial charge in [0.05, 0.1) is 18.4 Å². The third kappa shape index (κ3) is 18.0. The maximum Gasteiger partial charge on any atom is 0.416 e. The van der Waals surface area contributed by atoms with E-state index in [1.807, 2.05) is 29.2 Å². The lowest BCUT2D eigenvalue weighted by Gasteiger charge is -2.39. The van der Waals surface area contributed by atoms with E-state index in [-0.39, 0.29) is 47.9 Å². The molecule has 0 saturated carbocycles. The van der Waals surface area contributed by atoms with E-state index in [4.69, 9.17) is 45.6 Å². The van der Waals surface area contributed by atoms with E-state index in [1.54, 1.807) is 42.0 Å². The van der Waals surface area contributed by atoms with Crippen LogP contribution < -0.4 is 5.56 Å². The third-order valence-corrected chi connectivity index (χ3v) is 12.3. The van der Waals surface area contributed by atoms with Gasteiger partial charge in [0.2, 0.25) is 5.91 Å². The third-order valence-electron chi connectivity index (χ3n) is 11.3. The molecule has 6 rings (SSSR count). The number of hydrogen-bond donors (Lipinski definition) is 8. The van der Waals surface area contributed by atoms with Crippen LogP contribution in [0, 0.1) is 11.6 Å². The number of aliphatic carboxylic acids is 4. The first kappa shape index (κ1) is 60.4. The van der Waals surface area contributed by atoms with Gasteiger partial charge in [-0.05, 0) is 53.3 Å². The molecule has 1 saturated heterocycles. The molecule has 0 radical (unpaired) electrons. The Balaban J connectivity index is 0.000000511. The Morgan fingerprint density at radius 3 is 1.79 bits per heavy atom. The molecule has 8 N–H and O–H groups in total. The molecule has 2 aromatic heterocycles. The number of benzene rings is 3. The van der Waals surface area contributed by atoms with Gasteiger partial charge < -0.3 is 60.0 Å². The highest BCUT2D eigenvalue weighted by Crippen LogP contribution is 2.32. The van der Waals surface area contributed by atoms with Gasteiger partial charge in [0, 0.05) is 82.1 Å². The van der Waals surface area contributed by atoms with Crippen LogP contribution in [-0.4, -0.2) is 164 Å². The Morgan fingerprint density at radius 1 is 0.773 bits per heavy atom. The van der Waals surface area contributed by atoms with Gasteiger partial charge >= 0.3 is 30.1 Å². The summed E-state index contributed by atoms with van der Waals surface area (Å²) >= 11 is 1.04. The van der Waals surface area contributed by atoms with Crippen LogP contribution in [0.15, 0.2) is 95.3 Å². The smallest absolute Gasteiger partial charge is 0.416 e. The summed E-state index contributed by atoms with van der Waals surface area (Å²) in [5, 5.41) is 69.4. The molecule has 4 atom stereocenters. The molecular formula is C48H53F5N6O15S. The number of carboxylic acids is 4. The van der Waals surface area contributed by atoms with E-state index in [1.165, 1.54) is 24.3 Å². The lowest BCUT2D eigenvalue weighted by atomic mass is 10.00. The molecule has 0 aliphatic carbocycles. The number of carbonyl (C=O) groups excluding carboxylic acids is 1. The number of hydrogen-bond acceptors (Lipinski definition) is 15. The SMILES string of the molecule is COCCN1CCC(N(Cc2ccc(-c3ccc(C(F)(F)F)cc3)cc2)C(=O)Cn2cc(Cc3cnn(C)c3)c(=O)nc2SCc2cccc(F)c2F)CC1.O=C(O)C(O)C(O)C(=O)O.O=C(O)C(O)C(O)C(=O)O. The van der Waals surface area contributed by atoms with Crippen molar-refractivity contribution in [1.82, 2.24) is 29.1 Å². The summed E-state index contributed by atoms with van der Waals surface area (Å²) in [7, 11) is 3.42. The molecule has 3 heterocycles. The highest BCUT2D eigenvalue weighted by Gasteiger charge is 2.32. The highest BCUT2D eigenvalue weighted by molar-refractivity contribution is 7.98. The number of nitrogens with zero attached hydrogens (tertiary/aromatic N) is 6. The molecule has 0 spiro atoms. The van der Waals surface area contributed by atoms with Crippen LogP contribution in [0.1, 0.15) is 40.7 Å². The van der Waals surface area contributed by atoms with E-state index in [9.17, 15) is 50.7 Å². The summed E-state index contributed by atoms with van der Waals surface area (Å²) in [6.07, 6.45) is -6.79. The molecular weight excluding hydrogens is 1030 g/mol. The zero-order valence-corrected chi connectivity index (χ0v) is 40.8. The Kier molecular flexibility index (Phi) is 22.5. The lowest BCUT2D eigenvalue weighted by Crippen LogP contribution is -2.48. The van der Waals surface area contributed by atoms with Crippen LogP contribution >= 0.6 is 11.8 Å². The second-order valence-corrected chi connectivity index (χ2v) is 17.6. The first-order valence-electron chi connectivity index (χ1n) is 22.4. The number of methoxy groups -OCH3 is 1. The van der Waals surface area contributed by atoms with Gasteiger partial charge in [0.15, 0.2) is 41.2 Å². The Labute approximate surface area is 427 Å². The van der Waals surface area contributed by atoms with Crippen molar-refractivity contribution in [2.75, 3.05) is 33.4 Å². The van der Waals surface area contributed by atoms with E-state index in [0.717, 1.165) is 66.3 Å². The second kappa shape index (κ2) is 28.0. The fourth-order valence-corrected chi connectivity index (χ4v) is 8.12. The zero-order chi connectivity index (χ0) is 55.7. The van der Waals surface area contributed by atoms with Crippen molar-refractivity contribution in [3.05, 3.63) is 135 Å². The van der Waals surface area contributed by atoms with Crippen molar-refractivity contribution in [2.45, 2.75) is 79.9 Å². The molecule has 1 amide bonds. The summed E-state index contributed by atoms with van der Waals surface area (Å²) in [6, 6.07) is 16.1. The topological polar surface area (TPSA) is 316 Å². The summed E-state index contributed by atoms with van der Waals surface area (Å²) in [6.45, 7) is 2.99. The van der Waals surface area contributed by atoms with E-state index < -0.39 is 77.2 Å². The number of likely N-dealkylation sites (tertiary alicyclic amines) is 1. The first-order chi connectivity index (χ1) is 35.3. The van der Waals surface area contributed by atoms with Crippen LogP contribution in [0.25, 0.3) is 11.1 Å². The van der Waals surface area contributed by atoms with Crippen LogP contribution in [-0.2, 0) is 67.2 Å². The van der Waals surface area contributed by atoms with Gasteiger partial charge in [0.1, 0.15) is 6.54 Å². The Morgan fingerprint density at radius 2 is 1.31 bits per heavy atom. The molecule has 21 nitrogen and oxygen atoms in total. The largest absolute Gasteiger partial charge is 0.479 e. The number of halogens is 5. The summed E-state index contributed by atoms with van der Waals surface area (Å²) in [5.41, 5.74) is 2.20. The summed E-state index contributed by atoms with van der Waals surface area (Å²) < 4.78 is 76.5. The van der Waals surface area contributed by atoms with Crippen molar-refractivity contribution in [3.63, 3.8) is 0 Å². The number of amides is 1. The van der Waals surface area contributed by atoms with Gasteiger partial charge in [-0.3, -0.25) is 14.3 Å². The predicted octanol–water partition coefficient (Wildman–Crippen LogP) is 2.72. The average Bonchev–Trinajstić information content (AvgIpc) is 3.79. The number of aliphatic hydroxyl groups is 4. The van der Waals surface area contributed by atoms with Gasteiger partial charge in [-0.2, -0.15) is 23.3 Å². The number of piperidine rings is 1. The minimum Gasteiger partial charge on any atom is -0.479 e. The number of aryl methyl sites for hydroxylation is 1. The molecule has 1 fully saturated rings. The normalized spacial score (nSPS) is 14.5. The van der Waals surface area contributed by atoms with Crippen molar-refractivity contribution >= 4 is 41.5 Å². The van der Waals surface area contributed by atoms with Crippen molar-refractivity contribution in [1.29, 1.82) is 0 Å². The maximum absolute atomic E-state index is 14.6. The fourth-order valence-electron chi connectivity index (χ4n) is 7.18. The minimum absolute atomic E-state index is 0.0267. The predicted molar refractivity (Wildman–Crippen MR) is 254 cm³/mol. The summed E-state index contributed by atoms with van der Waals surface area (Å²) in [4.78, 5) is 75.3. The van der Waals surface area contributed by atoms with Gasteiger partial charge in [0.25, 0.3) is 5.56 Å². The molecule has 0 bridgehead atoms. The van der Waals surface area contributed by atoms with Gasteiger partial charge in [-0.15, -0.1) is 0 Å². The Bertz CT molecular complexity index is 2720. The number of aliphatic hydroxyl groups excluding tert-OH is 4. The van der Waals surface area contributed by atoms with Crippen molar-refractivity contribution < 1.29 is 91.5 Å².